The molecule has 0 aromatic rings. The maximum absolute atomic E-state index is 11.3. The van der Waals surface area contributed by atoms with E-state index in [-0.39, 0.29) is 6.10 Å². The van der Waals surface area contributed by atoms with Crippen LogP contribution in [0.3, 0.4) is 0 Å². The molecule has 28 heavy (non-hydrogen) atoms. The van der Waals surface area contributed by atoms with Gasteiger partial charge < -0.3 is 10.2 Å². The first-order valence-corrected chi connectivity index (χ1v) is 13.0. The Kier molecular flexibility index (Phi) is 15.5. The van der Waals surface area contributed by atoms with Gasteiger partial charge in [-0.25, -0.2) is 0 Å². The minimum absolute atomic E-state index is 0.183. The standard InChI is InChI=1S/C26H52O2/c1-3-5-7-9-11-13-15-17-19-24-23-25(27)20-22-26(24,28)21-18-16-14-12-10-8-6-4-2/h24-25,27-28H,3-23H2,1-2H3. The molecule has 2 heteroatoms. The van der Waals surface area contributed by atoms with Crippen LogP contribution in [-0.2, 0) is 0 Å². The molecule has 3 atom stereocenters. The van der Waals surface area contributed by atoms with E-state index in [1.54, 1.807) is 0 Å². The summed E-state index contributed by atoms with van der Waals surface area (Å²) in [6.07, 6.45) is 25.6. The van der Waals surface area contributed by atoms with Gasteiger partial charge in [0, 0.05) is 0 Å². The second-order valence-corrected chi connectivity index (χ2v) is 9.72. The van der Waals surface area contributed by atoms with Crippen molar-refractivity contribution in [2.75, 3.05) is 0 Å². The van der Waals surface area contributed by atoms with Crippen molar-refractivity contribution in [1.82, 2.24) is 0 Å². The molecule has 1 aliphatic rings. The summed E-state index contributed by atoms with van der Waals surface area (Å²) >= 11 is 0. The summed E-state index contributed by atoms with van der Waals surface area (Å²) in [5.41, 5.74) is -0.497. The van der Waals surface area contributed by atoms with Crippen molar-refractivity contribution in [3.05, 3.63) is 0 Å². The highest BCUT2D eigenvalue weighted by molar-refractivity contribution is 4.92. The van der Waals surface area contributed by atoms with Crippen LogP contribution in [0.25, 0.3) is 0 Å². The molecule has 0 aromatic heterocycles. The molecule has 1 saturated carbocycles. The number of hydrogen-bond donors (Lipinski definition) is 2. The SMILES string of the molecule is CCCCCCCCCCC1CC(O)CCC1(O)CCCCCCCCCC. The van der Waals surface area contributed by atoms with Crippen molar-refractivity contribution in [3.8, 4) is 0 Å². The Morgan fingerprint density at radius 3 is 1.68 bits per heavy atom. The minimum atomic E-state index is -0.497. The zero-order chi connectivity index (χ0) is 20.5. The average Bonchev–Trinajstić information content (AvgIpc) is 2.69. The first-order chi connectivity index (χ1) is 13.6. The minimum Gasteiger partial charge on any atom is -0.393 e. The highest BCUT2D eigenvalue weighted by atomic mass is 16.3. The number of unbranched alkanes of at least 4 members (excludes halogenated alkanes) is 14. The van der Waals surface area contributed by atoms with E-state index < -0.39 is 5.60 Å². The van der Waals surface area contributed by atoms with Gasteiger partial charge in [0.25, 0.3) is 0 Å². The van der Waals surface area contributed by atoms with E-state index in [4.69, 9.17) is 0 Å². The van der Waals surface area contributed by atoms with Crippen molar-refractivity contribution < 1.29 is 10.2 Å². The molecule has 0 bridgehead atoms. The van der Waals surface area contributed by atoms with Crippen LogP contribution in [0, 0.1) is 5.92 Å². The van der Waals surface area contributed by atoms with Gasteiger partial charge in [-0.1, -0.05) is 117 Å². The van der Waals surface area contributed by atoms with Crippen molar-refractivity contribution in [2.24, 2.45) is 5.92 Å². The monoisotopic (exact) mass is 396 g/mol. The summed E-state index contributed by atoms with van der Waals surface area (Å²) in [6, 6.07) is 0. The molecule has 0 aromatic carbocycles. The van der Waals surface area contributed by atoms with Gasteiger partial charge in [-0.15, -0.1) is 0 Å². The molecule has 0 heterocycles. The lowest BCUT2D eigenvalue weighted by Gasteiger charge is -2.42. The fraction of sp³-hybridized carbons (Fsp3) is 1.00. The highest BCUT2D eigenvalue weighted by Crippen LogP contribution is 2.40. The summed E-state index contributed by atoms with van der Waals surface area (Å²) < 4.78 is 0. The summed E-state index contributed by atoms with van der Waals surface area (Å²) in [4.78, 5) is 0. The van der Waals surface area contributed by atoms with E-state index in [2.05, 4.69) is 13.8 Å². The Morgan fingerprint density at radius 1 is 0.679 bits per heavy atom. The quantitative estimate of drug-likeness (QED) is 0.231. The van der Waals surface area contributed by atoms with Gasteiger partial charge in [-0.05, 0) is 38.0 Å². The normalized spacial score (nSPS) is 25.3. The first-order valence-electron chi connectivity index (χ1n) is 13.0. The second-order valence-electron chi connectivity index (χ2n) is 9.72. The second kappa shape index (κ2) is 16.7. The number of aliphatic hydroxyl groups excluding tert-OH is 1. The van der Waals surface area contributed by atoms with Gasteiger partial charge in [0.05, 0.1) is 11.7 Å². The molecule has 168 valence electrons. The van der Waals surface area contributed by atoms with Gasteiger partial charge in [-0.3, -0.25) is 0 Å². The van der Waals surface area contributed by atoms with E-state index in [1.807, 2.05) is 0 Å². The molecule has 0 aliphatic heterocycles. The van der Waals surface area contributed by atoms with Crippen LogP contribution in [0.5, 0.6) is 0 Å². The lowest BCUT2D eigenvalue weighted by atomic mass is 9.69. The summed E-state index contributed by atoms with van der Waals surface area (Å²) in [5, 5.41) is 21.4. The molecule has 0 radical (unpaired) electrons. The molecule has 0 saturated heterocycles. The lowest BCUT2D eigenvalue weighted by Crippen LogP contribution is -2.44. The van der Waals surface area contributed by atoms with Crippen LogP contribution in [0.15, 0.2) is 0 Å². The summed E-state index contributed by atoms with van der Waals surface area (Å²) in [6.45, 7) is 4.54. The van der Waals surface area contributed by atoms with Gasteiger partial charge in [0.2, 0.25) is 0 Å². The van der Waals surface area contributed by atoms with Crippen LogP contribution in [-0.4, -0.2) is 21.9 Å². The zero-order valence-electron chi connectivity index (χ0n) is 19.4. The topological polar surface area (TPSA) is 40.5 Å². The van der Waals surface area contributed by atoms with Crippen LogP contribution in [0.4, 0.5) is 0 Å². The number of hydrogen-bond acceptors (Lipinski definition) is 2. The van der Waals surface area contributed by atoms with Gasteiger partial charge in [0.1, 0.15) is 0 Å². The van der Waals surface area contributed by atoms with Gasteiger partial charge in [0.15, 0.2) is 0 Å². The van der Waals surface area contributed by atoms with Gasteiger partial charge in [-0.2, -0.15) is 0 Å². The fourth-order valence-electron chi connectivity index (χ4n) is 5.09. The van der Waals surface area contributed by atoms with Crippen molar-refractivity contribution >= 4 is 0 Å². The summed E-state index contributed by atoms with van der Waals surface area (Å²) in [7, 11) is 0. The Labute approximate surface area is 176 Å². The van der Waals surface area contributed by atoms with E-state index in [0.717, 1.165) is 38.5 Å². The largest absolute Gasteiger partial charge is 0.393 e. The van der Waals surface area contributed by atoms with E-state index >= 15 is 0 Å². The third-order valence-electron chi connectivity index (χ3n) is 7.10. The van der Waals surface area contributed by atoms with E-state index in [0.29, 0.717) is 5.92 Å². The molecular weight excluding hydrogens is 344 g/mol. The predicted octanol–water partition coefficient (Wildman–Crippen LogP) is 7.94. The molecule has 1 rings (SSSR count). The fourth-order valence-corrected chi connectivity index (χ4v) is 5.09. The Balaban J connectivity index is 2.19. The Morgan fingerprint density at radius 2 is 1.14 bits per heavy atom. The molecule has 0 spiro atoms. The van der Waals surface area contributed by atoms with E-state index in [1.165, 1.54) is 96.3 Å². The maximum atomic E-state index is 11.3. The number of aliphatic hydroxyl groups is 2. The van der Waals surface area contributed by atoms with Gasteiger partial charge >= 0.3 is 0 Å². The Hall–Kier alpha value is -0.0800. The van der Waals surface area contributed by atoms with Crippen LogP contribution < -0.4 is 0 Å². The molecular formula is C26H52O2. The van der Waals surface area contributed by atoms with Crippen LogP contribution in [0.1, 0.15) is 149 Å². The lowest BCUT2D eigenvalue weighted by molar-refractivity contribution is -0.0899. The van der Waals surface area contributed by atoms with E-state index in [9.17, 15) is 10.2 Å². The van der Waals surface area contributed by atoms with Crippen LogP contribution >= 0.6 is 0 Å². The molecule has 2 N–H and O–H groups in total. The highest BCUT2D eigenvalue weighted by Gasteiger charge is 2.40. The maximum Gasteiger partial charge on any atom is 0.0677 e. The third kappa shape index (κ3) is 11.8. The van der Waals surface area contributed by atoms with Crippen molar-refractivity contribution in [2.45, 2.75) is 160 Å². The molecule has 1 fully saturated rings. The summed E-state index contributed by atoms with van der Waals surface area (Å²) in [5.74, 6) is 0.320. The number of rotatable bonds is 18. The zero-order valence-corrected chi connectivity index (χ0v) is 19.4. The molecule has 2 nitrogen and oxygen atoms in total. The molecule has 1 aliphatic carbocycles. The van der Waals surface area contributed by atoms with Crippen molar-refractivity contribution in [3.63, 3.8) is 0 Å². The average molecular weight is 397 g/mol. The Bertz CT molecular complexity index is 343. The smallest absolute Gasteiger partial charge is 0.0677 e. The third-order valence-corrected chi connectivity index (χ3v) is 7.10. The van der Waals surface area contributed by atoms with Crippen LogP contribution in [0.2, 0.25) is 0 Å². The predicted molar refractivity (Wildman–Crippen MR) is 123 cm³/mol. The first kappa shape index (κ1) is 26.0. The van der Waals surface area contributed by atoms with Crippen molar-refractivity contribution in [1.29, 1.82) is 0 Å². The molecule has 3 unspecified atom stereocenters. The molecule has 0 amide bonds.